The number of hydrogen-bond acceptors (Lipinski definition) is 5. The van der Waals surface area contributed by atoms with Gasteiger partial charge in [-0.1, -0.05) is 42.5 Å². The summed E-state index contributed by atoms with van der Waals surface area (Å²) in [5, 5.41) is 4.47. The summed E-state index contributed by atoms with van der Waals surface area (Å²) in [6, 6.07) is 20.3. The Morgan fingerprint density at radius 1 is 0.897 bits per heavy atom. The van der Waals surface area contributed by atoms with Gasteiger partial charge >= 0.3 is 12.5 Å². The van der Waals surface area contributed by atoms with Gasteiger partial charge in [-0.25, -0.2) is 13.1 Å². The number of sulfonamides is 1. The van der Waals surface area contributed by atoms with Gasteiger partial charge in [-0.05, 0) is 66.4 Å². The number of hydrogen-bond donors (Lipinski definition) is 2. The molecule has 0 aliphatic heterocycles. The highest BCUT2D eigenvalue weighted by Gasteiger charge is 2.43. The van der Waals surface area contributed by atoms with E-state index in [9.17, 15) is 26.0 Å². The maximum atomic E-state index is 13.2. The first kappa shape index (κ1) is 28.5. The van der Waals surface area contributed by atoms with Crippen molar-refractivity contribution in [2.75, 3.05) is 19.6 Å². The molecular formula is C28H27F4N3O3S. The molecule has 0 atom stereocenters. The van der Waals surface area contributed by atoms with E-state index in [1.54, 1.807) is 24.5 Å². The van der Waals surface area contributed by atoms with Crippen molar-refractivity contribution in [3.8, 4) is 16.9 Å². The second-order valence-electron chi connectivity index (χ2n) is 8.80. The number of aromatic nitrogens is 1. The van der Waals surface area contributed by atoms with Crippen molar-refractivity contribution in [3.63, 3.8) is 0 Å². The van der Waals surface area contributed by atoms with Crippen molar-refractivity contribution in [3.05, 3.63) is 90.8 Å². The van der Waals surface area contributed by atoms with Crippen LogP contribution in [0.1, 0.15) is 12.0 Å². The third-order valence-corrected chi connectivity index (χ3v) is 7.46. The Bertz CT molecular complexity index is 1490. The number of fused-ring (bicyclic) bond motifs is 1. The molecule has 39 heavy (non-hydrogen) atoms. The Hall–Kier alpha value is -3.54. The fourth-order valence-electron chi connectivity index (χ4n) is 4.01. The molecule has 4 aromatic rings. The first-order valence-electron chi connectivity index (χ1n) is 12.2. The van der Waals surface area contributed by atoms with E-state index in [2.05, 4.69) is 19.8 Å². The standard InChI is InChI=1S/C28H27F4N3O3S/c29-27(30)28(31,32)38-24-10-8-20(9-11-24)5-4-13-33-15-16-35-39(36,37)26-18-22(21-6-2-1-3-7-21)17-23-19-34-14-12-25(23)26/h1-3,6-12,14,17-19,27,33,35H,4-5,13,15-16H2. The molecule has 0 saturated heterocycles. The van der Waals surface area contributed by atoms with Gasteiger partial charge in [-0.3, -0.25) is 4.98 Å². The molecule has 2 N–H and O–H groups in total. The molecule has 3 aromatic carbocycles. The SMILES string of the molecule is O=S(=O)(NCCNCCCc1ccc(OC(F)(F)C(F)F)cc1)c1cc(-c2ccccc2)cc2cnccc12. The molecule has 0 unspecified atom stereocenters. The Balaban J connectivity index is 1.27. The first-order chi connectivity index (χ1) is 18.7. The zero-order valence-corrected chi connectivity index (χ0v) is 21.6. The zero-order valence-electron chi connectivity index (χ0n) is 20.8. The van der Waals surface area contributed by atoms with E-state index < -0.39 is 22.6 Å². The molecule has 11 heteroatoms. The van der Waals surface area contributed by atoms with Crippen LogP contribution in [0.5, 0.6) is 5.75 Å². The first-order valence-corrected chi connectivity index (χ1v) is 13.7. The Morgan fingerprint density at radius 3 is 2.36 bits per heavy atom. The summed E-state index contributed by atoms with van der Waals surface area (Å²) in [6.07, 6.45) is -3.95. The van der Waals surface area contributed by atoms with Crippen LogP contribution < -0.4 is 14.8 Å². The predicted molar refractivity (Wildman–Crippen MR) is 142 cm³/mol. The maximum Gasteiger partial charge on any atom is 0.461 e. The molecule has 0 radical (unpaired) electrons. The lowest BCUT2D eigenvalue weighted by atomic mass is 10.0. The largest absolute Gasteiger partial charge is 0.461 e. The van der Waals surface area contributed by atoms with Crippen LogP contribution in [0.25, 0.3) is 21.9 Å². The minimum Gasteiger partial charge on any atom is -0.428 e. The van der Waals surface area contributed by atoms with E-state index in [4.69, 9.17) is 0 Å². The highest BCUT2D eigenvalue weighted by molar-refractivity contribution is 7.89. The monoisotopic (exact) mass is 561 g/mol. The highest BCUT2D eigenvalue weighted by atomic mass is 32.2. The summed E-state index contributed by atoms with van der Waals surface area (Å²) in [6.45, 7) is 1.16. The lowest BCUT2D eigenvalue weighted by Gasteiger charge is -2.16. The van der Waals surface area contributed by atoms with Crippen molar-refractivity contribution in [2.24, 2.45) is 0 Å². The smallest absolute Gasteiger partial charge is 0.428 e. The average molecular weight is 562 g/mol. The van der Waals surface area contributed by atoms with Gasteiger partial charge in [0.2, 0.25) is 10.0 Å². The lowest BCUT2D eigenvalue weighted by Crippen LogP contribution is -2.33. The summed E-state index contributed by atoms with van der Waals surface area (Å²) in [7, 11) is -3.81. The van der Waals surface area contributed by atoms with Gasteiger partial charge < -0.3 is 10.1 Å². The molecule has 0 spiro atoms. The van der Waals surface area contributed by atoms with Crippen LogP contribution in [-0.4, -0.2) is 45.6 Å². The number of benzene rings is 3. The second-order valence-corrected chi connectivity index (χ2v) is 10.5. The molecule has 0 fully saturated rings. The van der Waals surface area contributed by atoms with Crippen molar-refractivity contribution < 1.29 is 30.7 Å². The van der Waals surface area contributed by atoms with E-state index in [-0.39, 0.29) is 17.2 Å². The zero-order chi connectivity index (χ0) is 27.9. The van der Waals surface area contributed by atoms with Crippen molar-refractivity contribution in [2.45, 2.75) is 30.3 Å². The van der Waals surface area contributed by atoms with E-state index in [1.807, 2.05) is 36.4 Å². The number of rotatable bonds is 13. The molecule has 6 nitrogen and oxygen atoms in total. The molecule has 0 aliphatic carbocycles. The molecule has 0 amide bonds. The van der Waals surface area contributed by atoms with Crippen LogP contribution in [0.3, 0.4) is 0 Å². The van der Waals surface area contributed by atoms with Crippen molar-refractivity contribution in [1.29, 1.82) is 0 Å². The van der Waals surface area contributed by atoms with Gasteiger partial charge in [0.25, 0.3) is 0 Å². The van der Waals surface area contributed by atoms with Gasteiger partial charge in [-0.15, -0.1) is 0 Å². The van der Waals surface area contributed by atoms with Gasteiger partial charge in [0.15, 0.2) is 0 Å². The quantitative estimate of drug-likeness (QED) is 0.163. The predicted octanol–water partition coefficient (Wildman–Crippen LogP) is 5.64. The number of alkyl halides is 4. The molecule has 1 heterocycles. The van der Waals surface area contributed by atoms with Crippen LogP contribution in [0, 0.1) is 0 Å². The van der Waals surface area contributed by atoms with E-state index in [1.165, 1.54) is 24.3 Å². The summed E-state index contributed by atoms with van der Waals surface area (Å²) in [4.78, 5) is 4.31. The summed E-state index contributed by atoms with van der Waals surface area (Å²) >= 11 is 0. The number of aryl methyl sites for hydroxylation is 1. The third-order valence-electron chi connectivity index (χ3n) is 5.96. The van der Waals surface area contributed by atoms with E-state index in [0.717, 1.165) is 22.1 Å². The fraction of sp³-hybridized carbons (Fsp3) is 0.250. The van der Waals surface area contributed by atoms with Crippen molar-refractivity contribution >= 4 is 20.8 Å². The molecule has 0 bridgehead atoms. The number of nitrogens with zero attached hydrogens (tertiary/aromatic N) is 1. The van der Waals surface area contributed by atoms with E-state index in [0.29, 0.717) is 31.3 Å². The minimum absolute atomic E-state index is 0.175. The number of pyridine rings is 1. The van der Waals surface area contributed by atoms with Crippen molar-refractivity contribution in [1.82, 2.24) is 15.0 Å². The Labute approximate surface area is 224 Å². The van der Waals surface area contributed by atoms with Gasteiger partial charge in [0.05, 0.1) is 4.90 Å². The van der Waals surface area contributed by atoms with Gasteiger partial charge in [-0.2, -0.15) is 17.6 Å². The average Bonchev–Trinajstić information content (AvgIpc) is 2.93. The molecule has 0 saturated carbocycles. The number of ether oxygens (including phenoxy) is 1. The maximum absolute atomic E-state index is 13.2. The van der Waals surface area contributed by atoms with Crippen LogP contribution in [0.2, 0.25) is 0 Å². The molecule has 206 valence electrons. The molecule has 1 aromatic heterocycles. The fourth-order valence-corrected chi connectivity index (χ4v) is 5.30. The van der Waals surface area contributed by atoms with Crippen LogP contribution in [0.4, 0.5) is 17.6 Å². The van der Waals surface area contributed by atoms with E-state index >= 15 is 0 Å². The molecule has 0 aliphatic rings. The summed E-state index contributed by atoms with van der Waals surface area (Å²) < 4.78 is 83.5. The van der Waals surface area contributed by atoms with Gasteiger partial charge in [0.1, 0.15) is 5.75 Å². The number of nitrogens with one attached hydrogen (secondary N) is 2. The molecule has 4 rings (SSSR count). The molecular weight excluding hydrogens is 534 g/mol. The highest BCUT2D eigenvalue weighted by Crippen LogP contribution is 2.30. The summed E-state index contributed by atoms with van der Waals surface area (Å²) in [5.41, 5.74) is 2.50. The lowest BCUT2D eigenvalue weighted by molar-refractivity contribution is -0.253. The third kappa shape index (κ3) is 7.53. The van der Waals surface area contributed by atoms with Crippen LogP contribution in [-0.2, 0) is 16.4 Å². The number of halogens is 4. The van der Waals surface area contributed by atoms with Gasteiger partial charge in [0, 0.05) is 36.3 Å². The Morgan fingerprint density at radius 2 is 1.64 bits per heavy atom. The topological polar surface area (TPSA) is 80.3 Å². The second kappa shape index (κ2) is 12.5. The summed E-state index contributed by atoms with van der Waals surface area (Å²) in [5.74, 6) is -0.340. The van der Waals surface area contributed by atoms with Crippen LogP contribution in [0.15, 0.2) is 90.1 Å². The Kier molecular flexibility index (Phi) is 9.16. The minimum atomic E-state index is -4.54. The normalized spacial score (nSPS) is 12.2. The van der Waals surface area contributed by atoms with Crippen LogP contribution >= 0.6 is 0 Å².